The van der Waals surface area contributed by atoms with Gasteiger partial charge in [-0.05, 0) is 12.5 Å². The lowest BCUT2D eigenvalue weighted by Gasteiger charge is -2.17. The van der Waals surface area contributed by atoms with Gasteiger partial charge < -0.3 is 15.7 Å². The smallest absolute Gasteiger partial charge is 0.191 e. The van der Waals surface area contributed by atoms with Gasteiger partial charge in [0.1, 0.15) is 0 Å². The van der Waals surface area contributed by atoms with Crippen molar-refractivity contribution in [2.24, 2.45) is 4.99 Å². The highest BCUT2D eigenvalue weighted by molar-refractivity contribution is 14.0. The number of benzene rings is 1. The summed E-state index contributed by atoms with van der Waals surface area (Å²) >= 11 is 1.67. The van der Waals surface area contributed by atoms with E-state index in [9.17, 15) is 5.11 Å². The van der Waals surface area contributed by atoms with Crippen molar-refractivity contribution < 1.29 is 5.11 Å². The number of aromatic nitrogens is 1. The molecule has 0 aliphatic heterocycles. The molecule has 0 amide bonds. The molecule has 0 aliphatic carbocycles. The van der Waals surface area contributed by atoms with Crippen molar-refractivity contribution in [3.05, 3.63) is 52.0 Å². The fraction of sp³-hybridized carbons (Fsp3) is 0.375. The first-order valence-corrected chi connectivity index (χ1v) is 8.06. The van der Waals surface area contributed by atoms with Crippen molar-refractivity contribution in [1.82, 2.24) is 15.6 Å². The second-order valence-corrected chi connectivity index (χ2v) is 6.26. The van der Waals surface area contributed by atoms with Gasteiger partial charge in [-0.15, -0.1) is 35.3 Å². The van der Waals surface area contributed by atoms with E-state index in [0.29, 0.717) is 13.1 Å². The predicted molar refractivity (Wildman–Crippen MR) is 107 cm³/mol. The van der Waals surface area contributed by atoms with Gasteiger partial charge >= 0.3 is 0 Å². The third-order valence-electron chi connectivity index (χ3n) is 3.33. The molecular weight excluding hydrogens is 423 g/mol. The van der Waals surface area contributed by atoms with E-state index in [0.717, 1.165) is 16.5 Å². The van der Waals surface area contributed by atoms with E-state index in [2.05, 4.69) is 20.6 Å². The Hall–Kier alpha value is -1.19. The molecule has 1 unspecified atom stereocenters. The number of aliphatic hydroxyl groups excluding tert-OH is 1. The fourth-order valence-electron chi connectivity index (χ4n) is 2.11. The summed E-state index contributed by atoms with van der Waals surface area (Å²) in [6.45, 7) is 3.41. The number of rotatable bonds is 6. The van der Waals surface area contributed by atoms with Crippen LogP contribution >= 0.6 is 35.3 Å². The second-order valence-electron chi connectivity index (χ2n) is 4.94. The van der Waals surface area contributed by atoms with E-state index in [1.54, 1.807) is 18.4 Å². The number of guanidine groups is 1. The van der Waals surface area contributed by atoms with E-state index in [4.69, 9.17) is 0 Å². The maximum Gasteiger partial charge on any atom is 0.191 e. The monoisotopic (exact) mass is 446 g/mol. The van der Waals surface area contributed by atoms with Crippen molar-refractivity contribution in [2.75, 3.05) is 20.2 Å². The van der Waals surface area contributed by atoms with Crippen LogP contribution in [0.15, 0.2) is 41.5 Å². The Labute approximate surface area is 158 Å². The molecule has 7 heteroatoms. The van der Waals surface area contributed by atoms with Gasteiger partial charge in [-0.3, -0.25) is 4.99 Å². The zero-order valence-corrected chi connectivity index (χ0v) is 16.5. The molecule has 0 aliphatic rings. The molecule has 0 saturated carbocycles. The summed E-state index contributed by atoms with van der Waals surface area (Å²) in [4.78, 5) is 9.61. The Bertz CT molecular complexity index is 603. The van der Waals surface area contributed by atoms with Crippen LogP contribution in [0.3, 0.4) is 0 Å². The molecule has 1 aromatic carbocycles. The number of thiazole rings is 1. The van der Waals surface area contributed by atoms with Gasteiger partial charge in [0.2, 0.25) is 0 Å². The third kappa shape index (κ3) is 6.44. The van der Waals surface area contributed by atoms with Gasteiger partial charge in [0.25, 0.3) is 0 Å². The number of halogens is 1. The van der Waals surface area contributed by atoms with Crippen LogP contribution in [0.2, 0.25) is 0 Å². The highest BCUT2D eigenvalue weighted by Crippen LogP contribution is 2.13. The van der Waals surface area contributed by atoms with E-state index in [-0.39, 0.29) is 36.5 Å². The van der Waals surface area contributed by atoms with Gasteiger partial charge in [-0.2, -0.15) is 0 Å². The van der Waals surface area contributed by atoms with Crippen LogP contribution in [0, 0.1) is 6.92 Å². The molecule has 0 saturated heterocycles. The van der Waals surface area contributed by atoms with Gasteiger partial charge in [-0.1, -0.05) is 30.3 Å². The number of nitrogens with one attached hydrogen (secondary N) is 2. The fourth-order valence-corrected chi connectivity index (χ4v) is 2.85. The Kier molecular flexibility index (Phi) is 9.12. The van der Waals surface area contributed by atoms with Crippen molar-refractivity contribution >= 4 is 41.3 Å². The van der Waals surface area contributed by atoms with Crippen molar-refractivity contribution in [2.45, 2.75) is 19.4 Å². The minimum atomic E-state index is 0. The average Bonchev–Trinajstić information content (AvgIpc) is 2.97. The number of hydrogen-bond acceptors (Lipinski definition) is 4. The number of aliphatic hydroxyl groups is 1. The maximum absolute atomic E-state index is 9.57. The largest absolute Gasteiger partial charge is 0.396 e. The molecule has 23 heavy (non-hydrogen) atoms. The lowest BCUT2D eigenvalue weighted by molar-refractivity contribution is 0.265. The van der Waals surface area contributed by atoms with Crippen LogP contribution in [-0.2, 0) is 6.54 Å². The first-order valence-electron chi connectivity index (χ1n) is 7.24. The molecule has 0 spiro atoms. The van der Waals surface area contributed by atoms with Crippen molar-refractivity contribution in [1.29, 1.82) is 0 Å². The first-order chi connectivity index (χ1) is 10.7. The van der Waals surface area contributed by atoms with Crippen LogP contribution in [0.25, 0.3) is 0 Å². The molecule has 0 bridgehead atoms. The minimum absolute atomic E-state index is 0. The van der Waals surface area contributed by atoms with Crippen LogP contribution in [0.5, 0.6) is 0 Å². The molecule has 3 N–H and O–H groups in total. The number of aryl methyl sites for hydroxylation is 1. The maximum atomic E-state index is 9.57. The second kappa shape index (κ2) is 10.6. The van der Waals surface area contributed by atoms with Crippen LogP contribution in [0.4, 0.5) is 0 Å². The Morgan fingerprint density at radius 3 is 2.61 bits per heavy atom. The van der Waals surface area contributed by atoms with Crippen LogP contribution in [-0.4, -0.2) is 36.2 Å². The molecule has 1 atom stereocenters. The zero-order valence-electron chi connectivity index (χ0n) is 13.3. The number of nitrogens with zero attached hydrogens (tertiary/aromatic N) is 2. The van der Waals surface area contributed by atoms with Gasteiger partial charge in [-0.25, -0.2) is 4.98 Å². The lowest BCUT2D eigenvalue weighted by Crippen LogP contribution is -2.39. The molecule has 1 heterocycles. The quantitative estimate of drug-likeness (QED) is 0.363. The summed E-state index contributed by atoms with van der Waals surface area (Å²) in [5, 5.41) is 17.1. The first kappa shape index (κ1) is 19.9. The molecule has 5 nitrogen and oxygen atoms in total. The van der Waals surface area contributed by atoms with E-state index >= 15 is 0 Å². The SMILES string of the molecule is CN=C(NCc1cnc(C)s1)NCC(CO)c1ccccc1.I. The van der Waals surface area contributed by atoms with Crippen LogP contribution < -0.4 is 10.6 Å². The molecule has 126 valence electrons. The van der Waals surface area contributed by atoms with E-state index in [1.807, 2.05) is 43.5 Å². The lowest BCUT2D eigenvalue weighted by atomic mass is 10.0. The molecular formula is C16H23IN4OS. The topological polar surface area (TPSA) is 69.5 Å². The Morgan fingerprint density at radius 1 is 1.30 bits per heavy atom. The molecule has 2 rings (SSSR count). The zero-order chi connectivity index (χ0) is 15.8. The molecule has 1 aromatic heterocycles. The summed E-state index contributed by atoms with van der Waals surface area (Å²) in [7, 11) is 1.74. The highest BCUT2D eigenvalue weighted by atomic mass is 127. The summed E-state index contributed by atoms with van der Waals surface area (Å²) in [6.07, 6.45) is 1.88. The van der Waals surface area contributed by atoms with E-state index in [1.165, 1.54) is 4.88 Å². The average molecular weight is 446 g/mol. The minimum Gasteiger partial charge on any atom is -0.396 e. The highest BCUT2D eigenvalue weighted by Gasteiger charge is 2.10. The summed E-state index contributed by atoms with van der Waals surface area (Å²) in [6, 6.07) is 10.00. The summed E-state index contributed by atoms with van der Waals surface area (Å²) < 4.78 is 0. The summed E-state index contributed by atoms with van der Waals surface area (Å²) in [5.74, 6) is 0.769. The number of hydrogen-bond donors (Lipinski definition) is 3. The molecule has 2 aromatic rings. The standard InChI is InChI=1S/C16H22N4OS.HI/c1-12-18-9-15(22-12)10-20-16(17-2)19-8-14(11-21)13-6-4-3-5-7-13;/h3-7,9,14,21H,8,10-11H2,1-2H3,(H2,17,19,20);1H. The van der Waals surface area contributed by atoms with Crippen LogP contribution in [0.1, 0.15) is 21.4 Å². The predicted octanol–water partition coefficient (Wildman–Crippen LogP) is 2.51. The number of aliphatic imine (C=N–C) groups is 1. The van der Waals surface area contributed by atoms with Crippen molar-refractivity contribution in [3.63, 3.8) is 0 Å². The van der Waals surface area contributed by atoms with Gasteiger partial charge in [0.05, 0.1) is 18.2 Å². The summed E-state index contributed by atoms with van der Waals surface area (Å²) in [5.41, 5.74) is 1.12. The van der Waals surface area contributed by atoms with Gasteiger partial charge in [0.15, 0.2) is 5.96 Å². The Balaban J connectivity index is 0.00000264. The van der Waals surface area contributed by atoms with Gasteiger partial charge in [0, 0.05) is 30.6 Å². The Morgan fingerprint density at radius 2 is 2.04 bits per heavy atom. The third-order valence-corrected chi connectivity index (χ3v) is 4.24. The van der Waals surface area contributed by atoms with Crippen molar-refractivity contribution in [3.8, 4) is 0 Å². The normalized spacial score (nSPS) is 12.4. The molecule has 0 fully saturated rings. The van der Waals surface area contributed by atoms with E-state index < -0.39 is 0 Å². The molecule has 0 radical (unpaired) electrons.